The van der Waals surface area contributed by atoms with Crippen LogP contribution in [0.15, 0.2) is 24.3 Å². The summed E-state index contributed by atoms with van der Waals surface area (Å²) in [6.45, 7) is 4.06. The molecule has 0 radical (unpaired) electrons. The van der Waals surface area contributed by atoms with Gasteiger partial charge in [0.25, 0.3) is 0 Å². The molecule has 1 aromatic carbocycles. The van der Waals surface area contributed by atoms with E-state index in [-0.39, 0.29) is 24.3 Å². The summed E-state index contributed by atoms with van der Waals surface area (Å²) >= 11 is 1.30. The van der Waals surface area contributed by atoms with Gasteiger partial charge in [0.1, 0.15) is 16.3 Å². The molecule has 8 heteroatoms. The number of carbonyl (C=O) groups excluding carboxylic acids is 3. The molecule has 1 aromatic heterocycles. The largest absolute Gasteiger partial charge is 0.550 e. The van der Waals surface area contributed by atoms with Gasteiger partial charge in [-0.25, -0.2) is 4.79 Å². The van der Waals surface area contributed by atoms with Crippen LogP contribution < -0.4 is 15.2 Å². The summed E-state index contributed by atoms with van der Waals surface area (Å²) in [5.41, 5.74) is 1.81. The molecule has 1 heterocycles. The van der Waals surface area contributed by atoms with Crippen LogP contribution >= 0.6 is 11.3 Å². The monoisotopic (exact) mass is 470 g/mol. The van der Waals surface area contributed by atoms with E-state index in [0.717, 1.165) is 29.7 Å². The molecule has 2 aliphatic carbocycles. The quantitative estimate of drug-likeness (QED) is 0.591. The predicted octanol–water partition coefficient (Wildman–Crippen LogP) is 3.65. The number of hydrogen-bond acceptors (Lipinski definition) is 7. The number of esters is 1. The number of fused-ring (bicyclic) bond motifs is 2. The van der Waals surface area contributed by atoms with Crippen molar-refractivity contribution in [2.24, 2.45) is 23.7 Å². The second-order valence-electron chi connectivity index (χ2n) is 8.79. The molecular formula is C25H28NO6S-. The molecule has 2 bridgehead atoms. The van der Waals surface area contributed by atoms with Crippen molar-refractivity contribution in [3.63, 3.8) is 0 Å². The van der Waals surface area contributed by atoms with Crippen LogP contribution in [0.4, 0.5) is 5.00 Å². The van der Waals surface area contributed by atoms with Crippen LogP contribution in [0.5, 0.6) is 5.75 Å². The Morgan fingerprint density at radius 2 is 1.79 bits per heavy atom. The summed E-state index contributed by atoms with van der Waals surface area (Å²) in [6.07, 6.45) is 3.08. The van der Waals surface area contributed by atoms with Crippen LogP contribution in [-0.4, -0.2) is 31.6 Å². The van der Waals surface area contributed by atoms with Gasteiger partial charge in [0.15, 0.2) is 0 Å². The maximum Gasteiger partial charge on any atom is 0.341 e. The van der Waals surface area contributed by atoms with Crippen molar-refractivity contribution in [2.45, 2.75) is 39.5 Å². The Morgan fingerprint density at radius 3 is 2.39 bits per heavy atom. The Labute approximate surface area is 197 Å². The minimum Gasteiger partial charge on any atom is -0.550 e. The third kappa shape index (κ3) is 4.36. The number of carboxylic acid groups (broad SMARTS) is 1. The van der Waals surface area contributed by atoms with Gasteiger partial charge in [0, 0.05) is 28.2 Å². The minimum absolute atomic E-state index is 0.00956. The van der Waals surface area contributed by atoms with E-state index in [1.54, 1.807) is 7.11 Å². The summed E-state index contributed by atoms with van der Waals surface area (Å²) in [5.74, 6) is -2.72. The second-order valence-corrected chi connectivity index (χ2v) is 10.0. The lowest BCUT2D eigenvalue weighted by atomic mass is 9.78. The number of amides is 1. The molecule has 2 fully saturated rings. The van der Waals surface area contributed by atoms with Gasteiger partial charge < -0.3 is 24.7 Å². The fraction of sp³-hybridized carbons (Fsp3) is 0.480. The molecule has 2 saturated carbocycles. The van der Waals surface area contributed by atoms with Gasteiger partial charge in [0.05, 0.1) is 13.7 Å². The van der Waals surface area contributed by atoms with E-state index in [1.165, 1.54) is 11.3 Å². The van der Waals surface area contributed by atoms with Crippen molar-refractivity contribution in [1.82, 2.24) is 0 Å². The molecule has 0 saturated heterocycles. The maximum absolute atomic E-state index is 13.3. The molecule has 0 spiro atoms. The number of methoxy groups -OCH3 is 1. The molecule has 2 aromatic rings. The van der Waals surface area contributed by atoms with Crippen LogP contribution in [0.25, 0.3) is 11.1 Å². The number of thiophene rings is 1. The zero-order valence-corrected chi connectivity index (χ0v) is 19.8. The van der Waals surface area contributed by atoms with Crippen molar-refractivity contribution in [3.05, 3.63) is 34.7 Å². The average Bonchev–Trinajstić information content (AvgIpc) is 3.50. The summed E-state index contributed by atoms with van der Waals surface area (Å²) < 4.78 is 10.7. The number of nitrogens with one attached hydrogen (secondary N) is 1. The van der Waals surface area contributed by atoms with Crippen molar-refractivity contribution in [3.8, 4) is 16.9 Å². The Kier molecular flexibility index (Phi) is 6.74. The van der Waals surface area contributed by atoms with Crippen LogP contribution in [0.3, 0.4) is 0 Å². The van der Waals surface area contributed by atoms with Crippen LogP contribution in [0, 0.1) is 30.6 Å². The second kappa shape index (κ2) is 9.55. The molecule has 4 atom stereocenters. The van der Waals surface area contributed by atoms with Gasteiger partial charge in [-0.2, -0.15) is 0 Å². The first kappa shape index (κ1) is 23.3. The highest BCUT2D eigenvalue weighted by atomic mass is 32.1. The third-order valence-corrected chi connectivity index (χ3v) is 7.85. The van der Waals surface area contributed by atoms with Crippen molar-refractivity contribution in [1.29, 1.82) is 0 Å². The molecule has 0 aliphatic heterocycles. The summed E-state index contributed by atoms with van der Waals surface area (Å²) in [7, 11) is 1.58. The van der Waals surface area contributed by atoms with E-state index in [9.17, 15) is 19.5 Å². The van der Waals surface area contributed by atoms with Crippen LogP contribution in [0.1, 0.15) is 47.8 Å². The SMILES string of the molecule is CCCOC(=O)c1c(NC(=O)[C@H]2[C@@H]3CC[C@@H](C3)[C@@H]2C(=O)[O-])sc(C)c1-c1ccc(OC)cc1. The maximum atomic E-state index is 13.3. The number of carboxylic acids is 1. The number of benzene rings is 1. The Bertz CT molecular complexity index is 1060. The van der Waals surface area contributed by atoms with Gasteiger partial charge in [-0.05, 0) is 62.1 Å². The fourth-order valence-corrected chi connectivity index (χ4v) is 6.47. The topological polar surface area (TPSA) is 105 Å². The number of carbonyl (C=O) groups is 3. The number of aryl methyl sites for hydroxylation is 1. The standard InChI is InChI=1S/C25H29NO6S/c1-4-11-32-25(30)21-18(14-7-9-17(31-3)10-8-14)13(2)33-23(21)26-22(27)19-15-5-6-16(12-15)20(19)24(28)29/h7-10,15-16,19-20H,4-6,11-12H2,1-3H3,(H,26,27)(H,28,29)/p-1/t15-,16+,19+,20+/m1/s1. The summed E-state index contributed by atoms with van der Waals surface area (Å²) in [6, 6.07) is 7.34. The molecule has 7 nitrogen and oxygen atoms in total. The lowest BCUT2D eigenvalue weighted by Gasteiger charge is -2.30. The Balaban J connectivity index is 1.69. The highest BCUT2D eigenvalue weighted by Crippen LogP contribution is 2.53. The van der Waals surface area contributed by atoms with Gasteiger partial charge in [-0.3, -0.25) is 4.79 Å². The normalized spacial score (nSPS) is 23.4. The zero-order chi connectivity index (χ0) is 23.7. The van der Waals surface area contributed by atoms with Gasteiger partial charge in [-0.15, -0.1) is 11.3 Å². The fourth-order valence-electron chi connectivity index (χ4n) is 5.40. The summed E-state index contributed by atoms with van der Waals surface area (Å²) in [5, 5.41) is 15.1. The van der Waals surface area contributed by atoms with E-state index >= 15 is 0 Å². The van der Waals surface area contributed by atoms with E-state index < -0.39 is 23.8 Å². The Morgan fingerprint density at radius 1 is 1.12 bits per heavy atom. The van der Waals surface area contributed by atoms with E-state index in [4.69, 9.17) is 9.47 Å². The molecule has 33 heavy (non-hydrogen) atoms. The summed E-state index contributed by atoms with van der Waals surface area (Å²) in [4.78, 5) is 39.0. The highest BCUT2D eigenvalue weighted by Gasteiger charge is 2.51. The average molecular weight is 471 g/mol. The lowest BCUT2D eigenvalue weighted by Crippen LogP contribution is -2.44. The number of hydrogen-bond donors (Lipinski definition) is 1. The molecule has 1 amide bonds. The van der Waals surface area contributed by atoms with Crippen molar-refractivity contribution in [2.75, 3.05) is 19.0 Å². The number of ether oxygens (including phenoxy) is 2. The van der Waals surface area contributed by atoms with Crippen molar-refractivity contribution >= 4 is 34.2 Å². The zero-order valence-electron chi connectivity index (χ0n) is 19.0. The Hall–Kier alpha value is -2.87. The van der Waals surface area contributed by atoms with E-state index in [1.807, 2.05) is 38.1 Å². The number of rotatable bonds is 8. The molecule has 4 rings (SSSR count). The third-order valence-electron chi connectivity index (χ3n) is 6.83. The first-order valence-corrected chi connectivity index (χ1v) is 12.1. The molecular weight excluding hydrogens is 442 g/mol. The van der Waals surface area contributed by atoms with E-state index in [0.29, 0.717) is 28.3 Å². The number of aliphatic carboxylic acids is 1. The lowest BCUT2D eigenvalue weighted by molar-refractivity contribution is -0.314. The molecule has 1 N–H and O–H groups in total. The van der Waals surface area contributed by atoms with Gasteiger partial charge >= 0.3 is 5.97 Å². The number of anilines is 1. The first-order valence-electron chi connectivity index (χ1n) is 11.3. The highest BCUT2D eigenvalue weighted by molar-refractivity contribution is 7.17. The van der Waals surface area contributed by atoms with Crippen molar-refractivity contribution < 1.29 is 29.0 Å². The van der Waals surface area contributed by atoms with E-state index in [2.05, 4.69) is 5.32 Å². The van der Waals surface area contributed by atoms with Crippen LogP contribution in [-0.2, 0) is 14.3 Å². The minimum atomic E-state index is -1.16. The smallest absolute Gasteiger partial charge is 0.341 e. The molecule has 176 valence electrons. The van der Waals surface area contributed by atoms with Gasteiger partial charge in [-0.1, -0.05) is 19.1 Å². The van der Waals surface area contributed by atoms with Crippen LogP contribution in [0.2, 0.25) is 0 Å². The first-order chi connectivity index (χ1) is 15.8. The van der Waals surface area contributed by atoms with Gasteiger partial charge in [0.2, 0.25) is 5.91 Å². The molecule has 0 unspecified atom stereocenters. The molecule has 2 aliphatic rings. The predicted molar refractivity (Wildman–Crippen MR) is 123 cm³/mol.